The highest BCUT2D eigenvalue weighted by Gasteiger charge is 2.77. The van der Waals surface area contributed by atoms with E-state index in [1.807, 2.05) is 42.5 Å². The number of hydrogen-bond donors (Lipinski definition) is 1. The lowest BCUT2D eigenvalue weighted by molar-refractivity contribution is -0.125. The first-order chi connectivity index (χ1) is 27.9. The van der Waals surface area contributed by atoms with Crippen LogP contribution in [0.5, 0.6) is 17.2 Å². The fraction of sp³-hybridized carbons (Fsp3) is 0.217. The van der Waals surface area contributed by atoms with Gasteiger partial charge in [-0.15, -0.1) is 23.2 Å². The summed E-state index contributed by atoms with van der Waals surface area (Å²) < 4.78 is 24.9. The topological polar surface area (TPSA) is 113 Å². The van der Waals surface area contributed by atoms with Gasteiger partial charge < -0.3 is 14.6 Å². The number of methoxy groups -OCH3 is 2. The molecule has 1 N–H and O–H groups in total. The van der Waals surface area contributed by atoms with Crippen molar-refractivity contribution in [2.45, 2.75) is 28.5 Å². The van der Waals surface area contributed by atoms with Crippen LogP contribution in [0.15, 0.2) is 115 Å². The van der Waals surface area contributed by atoms with Gasteiger partial charge in [0.2, 0.25) is 11.8 Å². The van der Waals surface area contributed by atoms with Crippen LogP contribution >= 0.6 is 23.2 Å². The van der Waals surface area contributed by atoms with Crippen LogP contribution in [0.1, 0.15) is 35.4 Å². The molecule has 3 fully saturated rings. The van der Waals surface area contributed by atoms with Gasteiger partial charge in [0, 0.05) is 22.4 Å². The number of amides is 4. The Bertz CT molecular complexity index is 2630. The minimum absolute atomic E-state index is 0.0707. The van der Waals surface area contributed by atoms with Gasteiger partial charge >= 0.3 is 0 Å². The molecule has 9 rings (SSSR count). The van der Waals surface area contributed by atoms with Crippen molar-refractivity contribution in [3.05, 3.63) is 137 Å². The van der Waals surface area contributed by atoms with Gasteiger partial charge in [0.25, 0.3) is 11.8 Å². The van der Waals surface area contributed by atoms with Gasteiger partial charge in [0.15, 0.2) is 9.75 Å². The van der Waals surface area contributed by atoms with Crippen LogP contribution in [0.4, 0.5) is 15.8 Å². The Hall–Kier alpha value is -5.97. The van der Waals surface area contributed by atoms with E-state index in [4.69, 9.17) is 32.7 Å². The second kappa shape index (κ2) is 13.9. The SMILES string of the molecule is COc1ccc(OC)c(C=Cc2ccc(N3C(=O)C4CC=C5C(CC6(Cl)C(=O)N(c7ccc(F)cc7)C(=O)C6(Cl)C5c5ccc6ccccc6c5O)C4C3=O)cc2)c1. The number of carbonyl (C=O) groups is 4. The summed E-state index contributed by atoms with van der Waals surface area (Å²) in [5, 5.41) is 13.1. The summed E-state index contributed by atoms with van der Waals surface area (Å²) in [6.45, 7) is 0. The summed E-state index contributed by atoms with van der Waals surface area (Å²) in [5.41, 5.74) is 2.84. The zero-order chi connectivity index (χ0) is 40.7. The van der Waals surface area contributed by atoms with E-state index in [2.05, 4.69) is 0 Å². The molecule has 292 valence electrons. The Labute approximate surface area is 342 Å². The Balaban J connectivity index is 1.10. The van der Waals surface area contributed by atoms with Crippen molar-refractivity contribution in [2.24, 2.45) is 17.8 Å². The number of phenolic OH excluding ortho intramolecular Hbond substituents is 1. The molecule has 6 unspecified atom stereocenters. The number of imide groups is 2. The average Bonchev–Trinajstić information content (AvgIpc) is 3.58. The fourth-order valence-corrected chi connectivity index (χ4v) is 10.3. The van der Waals surface area contributed by atoms with Crippen molar-refractivity contribution in [3.8, 4) is 17.2 Å². The monoisotopic (exact) mass is 816 g/mol. The minimum atomic E-state index is -2.18. The van der Waals surface area contributed by atoms with E-state index in [1.54, 1.807) is 68.8 Å². The molecule has 6 atom stereocenters. The summed E-state index contributed by atoms with van der Waals surface area (Å²) in [6, 6.07) is 27.9. The predicted octanol–water partition coefficient (Wildman–Crippen LogP) is 8.64. The predicted molar refractivity (Wildman–Crippen MR) is 220 cm³/mol. The number of fused-ring (bicyclic) bond motifs is 5. The number of anilines is 2. The number of halogens is 3. The first kappa shape index (κ1) is 37.6. The van der Waals surface area contributed by atoms with E-state index < -0.39 is 62.9 Å². The molecule has 58 heavy (non-hydrogen) atoms. The van der Waals surface area contributed by atoms with Gasteiger partial charge in [-0.05, 0) is 84.3 Å². The highest BCUT2D eigenvalue weighted by Crippen LogP contribution is 2.66. The summed E-state index contributed by atoms with van der Waals surface area (Å²) in [5.74, 6) is -5.66. The van der Waals surface area contributed by atoms with Crippen molar-refractivity contribution in [1.29, 1.82) is 0 Å². The number of nitrogens with zero attached hydrogens (tertiary/aromatic N) is 2. The van der Waals surface area contributed by atoms with E-state index in [-0.39, 0.29) is 29.8 Å². The van der Waals surface area contributed by atoms with Crippen molar-refractivity contribution in [1.82, 2.24) is 0 Å². The Morgan fingerprint density at radius 3 is 2.21 bits per heavy atom. The first-order valence-electron chi connectivity index (χ1n) is 18.7. The highest BCUT2D eigenvalue weighted by molar-refractivity contribution is 6.58. The molecule has 0 radical (unpaired) electrons. The second-order valence-corrected chi connectivity index (χ2v) is 16.3. The number of aromatic hydroxyl groups is 1. The molecule has 1 saturated carbocycles. The molecule has 9 nitrogen and oxygen atoms in total. The lowest BCUT2D eigenvalue weighted by atomic mass is 9.56. The number of hydrogen-bond acceptors (Lipinski definition) is 7. The van der Waals surface area contributed by atoms with Crippen LogP contribution in [-0.2, 0) is 19.2 Å². The molecule has 4 aliphatic rings. The fourth-order valence-electron chi connectivity index (χ4n) is 9.39. The summed E-state index contributed by atoms with van der Waals surface area (Å²) in [6.07, 6.45) is 5.48. The summed E-state index contributed by atoms with van der Waals surface area (Å²) >= 11 is 15.0. The Morgan fingerprint density at radius 1 is 0.776 bits per heavy atom. The second-order valence-electron chi connectivity index (χ2n) is 15.0. The van der Waals surface area contributed by atoms with Crippen molar-refractivity contribution < 1.29 is 38.1 Å². The average molecular weight is 818 g/mol. The smallest absolute Gasteiger partial charge is 0.258 e. The Morgan fingerprint density at radius 2 is 1.48 bits per heavy atom. The van der Waals surface area contributed by atoms with Gasteiger partial charge in [0.1, 0.15) is 23.1 Å². The van der Waals surface area contributed by atoms with Gasteiger partial charge in [-0.3, -0.25) is 24.1 Å². The van der Waals surface area contributed by atoms with Crippen molar-refractivity contribution in [2.75, 3.05) is 24.0 Å². The largest absolute Gasteiger partial charge is 0.507 e. The van der Waals surface area contributed by atoms with E-state index >= 15 is 0 Å². The summed E-state index contributed by atoms with van der Waals surface area (Å²) in [7, 11) is 3.17. The first-order valence-corrected chi connectivity index (χ1v) is 19.5. The molecule has 4 amide bonds. The third-order valence-electron chi connectivity index (χ3n) is 12.2. The molecule has 0 spiro atoms. The molecule has 0 bridgehead atoms. The van der Waals surface area contributed by atoms with Crippen LogP contribution in [-0.4, -0.2) is 52.7 Å². The molecule has 5 aromatic rings. The van der Waals surface area contributed by atoms with Gasteiger partial charge in [0.05, 0.1) is 37.4 Å². The van der Waals surface area contributed by atoms with E-state index in [1.165, 1.54) is 17.0 Å². The van der Waals surface area contributed by atoms with Crippen LogP contribution in [0, 0.1) is 23.6 Å². The number of rotatable bonds is 7. The molecular weight excluding hydrogens is 782 g/mol. The quantitative estimate of drug-likeness (QED) is 0.0758. The Kier molecular flexibility index (Phi) is 8.98. The normalized spacial score (nSPS) is 26.5. The molecule has 2 aliphatic carbocycles. The molecule has 2 heterocycles. The standard InChI is InChI=1S/C46H35Cl2FN2O7/c1-57-31-18-22-37(58-2)27(23-31)10-7-25-8-14-29(15-9-25)50-41(53)34-21-20-33-36(38(34)42(50)54)24-45(47)43(55)51(30-16-12-28(49)13-17-30)44(56)46(45,48)39(33)35-19-11-26-5-3-4-6-32(26)40(35)52/h3-20,22-23,34,36,38-39,52H,21,24H2,1-2H3. The highest BCUT2D eigenvalue weighted by atomic mass is 35.5. The van der Waals surface area contributed by atoms with Crippen LogP contribution < -0.4 is 19.3 Å². The molecule has 0 aromatic heterocycles. The van der Waals surface area contributed by atoms with Crippen LogP contribution in [0.25, 0.3) is 22.9 Å². The van der Waals surface area contributed by atoms with E-state index in [0.717, 1.165) is 33.5 Å². The molecule has 5 aromatic carbocycles. The maximum absolute atomic E-state index is 14.7. The number of phenols is 1. The molecule has 2 saturated heterocycles. The third kappa shape index (κ3) is 5.42. The molecule has 2 aliphatic heterocycles. The number of benzene rings is 5. The lowest BCUT2D eigenvalue weighted by Gasteiger charge is -2.50. The summed E-state index contributed by atoms with van der Waals surface area (Å²) in [4.78, 5) is 56.0. The number of ether oxygens (including phenoxy) is 2. The maximum atomic E-state index is 14.7. The van der Waals surface area contributed by atoms with Crippen molar-refractivity contribution in [3.63, 3.8) is 0 Å². The zero-order valence-electron chi connectivity index (χ0n) is 31.2. The van der Waals surface area contributed by atoms with Crippen LogP contribution in [0.2, 0.25) is 0 Å². The van der Waals surface area contributed by atoms with Gasteiger partial charge in [-0.25, -0.2) is 9.29 Å². The lowest BCUT2D eigenvalue weighted by Crippen LogP contribution is -2.60. The maximum Gasteiger partial charge on any atom is 0.258 e. The van der Waals surface area contributed by atoms with E-state index in [9.17, 15) is 28.7 Å². The van der Waals surface area contributed by atoms with Gasteiger partial charge in [-0.2, -0.15) is 0 Å². The minimum Gasteiger partial charge on any atom is -0.507 e. The molecule has 12 heteroatoms. The number of carbonyl (C=O) groups excluding carboxylic acids is 4. The zero-order valence-corrected chi connectivity index (χ0v) is 32.7. The third-order valence-corrected chi connectivity index (χ3v) is 13.6. The van der Waals surface area contributed by atoms with Crippen molar-refractivity contribution >= 4 is 81.1 Å². The number of alkyl halides is 2. The van der Waals surface area contributed by atoms with Gasteiger partial charge in [-0.1, -0.05) is 72.3 Å². The number of allylic oxidation sites excluding steroid dienone is 2. The van der Waals surface area contributed by atoms with Crippen LogP contribution in [0.3, 0.4) is 0 Å². The van der Waals surface area contributed by atoms with E-state index in [0.29, 0.717) is 28.1 Å². The molecular formula is C46H35Cl2FN2O7.